The number of aryl methyl sites for hydroxylation is 1. The maximum Gasteiger partial charge on any atom is 0.271 e. The Labute approximate surface area is 151 Å². The van der Waals surface area contributed by atoms with Gasteiger partial charge in [-0.2, -0.15) is 0 Å². The minimum atomic E-state index is -3.80. The minimum absolute atomic E-state index is 0.0624. The van der Waals surface area contributed by atoms with Crippen LogP contribution in [0.2, 0.25) is 0 Å². The monoisotopic (exact) mass is 377 g/mol. The van der Waals surface area contributed by atoms with Crippen LogP contribution in [0.1, 0.15) is 11.1 Å². The molecule has 0 unspecified atom stereocenters. The highest BCUT2D eigenvalue weighted by Gasteiger charge is 2.22. The second-order valence-electron chi connectivity index (χ2n) is 5.81. The van der Waals surface area contributed by atoms with Crippen LogP contribution in [0.15, 0.2) is 48.5 Å². The number of carbonyl (C=O) groups excluding carboxylic acids is 1. The molecule has 9 heteroatoms. The third-order valence-electron chi connectivity index (χ3n) is 3.59. The summed E-state index contributed by atoms with van der Waals surface area (Å²) in [5.41, 5.74) is 1.74. The Kier molecular flexibility index (Phi) is 5.93. The molecule has 0 bridgehead atoms. The summed E-state index contributed by atoms with van der Waals surface area (Å²) in [4.78, 5) is 22.5. The van der Waals surface area contributed by atoms with Gasteiger partial charge in [0.2, 0.25) is 15.9 Å². The molecule has 1 amide bonds. The lowest BCUT2D eigenvalue weighted by Gasteiger charge is -2.21. The zero-order valence-electron chi connectivity index (χ0n) is 14.4. The van der Waals surface area contributed by atoms with E-state index in [-0.39, 0.29) is 17.9 Å². The summed E-state index contributed by atoms with van der Waals surface area (Å²) in [5, 5.41) is 13.5. The Morgan fingerprint density at radius 1 is 1.19 bits per heavy atom. The number of non-ortho nitro benzene ring substituents is 1. The van der Waals surface area contributed by atoms with Crippen molar-refractivity contribution in [1.82, 2.24) is 5.32 Å². The molecule has 0 atom stereocenters. The molecular weight excluding hydrogens is 358 g/mol. The van der Waals surface area contributed by atoms with Crippen LogP contribution in [0.3, 0.4) is 0 Å². The number of nitro benzene ring substituents is 1. The van der Waals surface area contributed by atoms with E-state index in [1.165, 1.54) is 18.2 Å². The molecular formula is C17H19N3O5S. The van der Waals surface area contributed by atoms with Gasteiger partial charge in [-0.15, -0.1) is 0 Å². The average Bonchev–Trinajstić information content (AvgIpc) is 2.57. The third-order valence-corrected chi connectivity index (χ3v) is 4.73. The summed E-state index contributed by atoms with van der Waals surface area (Å²) in [5.74, 6) is -0.511. The number of hydrogen-bond acceptors (Lipinski definition) is 5. The zero-order chi connectivity index (χ0) is 19.3. The number of amides is 1. The second-order valence-corrected chi connectivity index (χ2v) is 7.72. The number of nitro groups is 1. The number of sulfonamides is 1. The van der Waals surface area contributed by atoms with E-state index in [9.17, 15) is 23.3 Å². The first kappa shape index (κ1) is 19.4. The van der Waals surface area contributed by atoms with E-state index in [0.717, 1.165) is 27.8 Å². The van der Waals surface area contributed by atoms with Crippen LogP contribution in [0.5, 0.6) is 0 Å². The van der Waals surface area contributed by atoms with Crippen molar-refractivity contribution in [2.24, 2.45) is 0 Å². The van der Waals surface area contributed by atoms with Gasteiger partial charge in [0.15, 0.2) is 0 Å². The molecule has 0 aliphatic heterocycles. The molecule has 0 saturated carbocycles. The molecule has 2 aromatic rings. The van der Waals surface area contributed by atoms with Gasteiger partial charge >= 0.3 is 0 Å². The van der Waals surface area contributed by atoms with Crippen LogP contribution >= 0.6 is 0 Å². The van der Waals surface area contributed by atoms with Crippen LogP contribution in [-0.2, 0) is 21.4 Å². The molecule has 0 spiro atoms. The summed E-state index contributed by atoms with van der Waals surface area (Å²) in [6, 6.07) is 12.7. The quantitative estimate of drug-likeness (QED) is 0.586. The number of nitrogens with zero attached hydrogens (tertiary/aromatic N) is 2. The Hall–Kier alpha value is -2.94. The van der Waals surface area contributed by atoms with Gasteiger partial charge in [0.05, 0.1) is 16.9 Å². The molecule has 1 N–H and O–H groups in total. The number of benzene rings is 2. The van der Waals surface area contributed by atoms with E-state index >= 15 is 0 Å². The van der Waals surface area contributed by atoms with Crippen molar-refractivity contribution < 1.29 is 18.1 Å². The largest absolute Gasteiger partial charge is 0.350 e. The minimum Gasteiger partial charge on any atom is -0.350 e. The lowest BCUT2D eigenvalue weighted by molar-refractivity contribution is -0.384. The van der Waals surface area contributed by atoms with E-state index in [2.05, 4.69) is 5.32 Å². The third kappa shape index (κ3) is 5.28. The first-order valence-corrected chi connectivity index (χ1v) is 9.56. The molecule has 0 aliphatic rings. The highest BCUT2D eigenvalue weighted by Crippen LogP contribution is 2.22. The van der Waals surface area contributed by atoms with Gasteiger partial charge in [-0.05, 0) is 18.6 Å². The van der Waals surface area contributed by atoms with Gasteiger partial charge in [0.25, 0.3) is 5.69 Å². The highest BCUT2D eigenvalue weighted by atomic mass is 32.2. The van der Waals surface area contributed by atoms with E-state index in [1.807, 2.05) is 31.2 Å². The van der Waals surface area contributed by atoms with Crippen molar-refractivity contribution in [3.05, 3.63) is 69.8 Å². The molecule has 0 aromatic heterocycles. The predicted octanol–water partition coefficient (Wildman–Crippen LogP) is 1.99. The fourth-order valence-corrected chi connectivity index (χ4v) is 3.22. The molecule has 2 aromatic carbocycles. The van der Waals surface area contributed by atoms with Crippen molar-refractivity contribution in [3.8, 4) is 0 Å². The molecule has 0 heterocycles. The smallest absolute Gasteiger partial charge is 0.271 e. The first-order valence-electron chi connectivity index (χ1n) is 7.71. The summed E-state index contributed by atoms with van der Waals surface area (Å²) in [6.45, 7) is 1.72. The van der Waals surface area contributed by atoms with Gasteiger partial charge in [-0.3, -0.25) is 19.2 Å². The first-order chi connectivity index (χ1) is 12.2. The van der Waals surface area contributed by atoms with Crippen molar-refractivity contribution in [1.29, 1.82) is 0 Å². The molecule has 0 saturated heterocycles. The van der Waals surface area contributed by atoms with Crippen molar-refractivity contribution in [2.75, 3.05) is 17.1 Å². The second kappa shape index (κ2) is 7.96. The van der Waals surface area contributed by atoms with Crippen LogP contribution in [0.4, 0.5) is 11.4 Å². The van der Waals surface area contributed by atoms with E-state index in [4.69, 9.17) is 0 Å². The lowest BCUT2D eigenvalue weighted by Crippen LogP contribution is -2.40. The summed E-state index contributed by atoms with van der Waals surface area (Å²) < 4.78 is 24.9. The highest BCUT2D eigenvalue weighted by molar-refractivity contribution is 7.92. The Morgan fingerprint density at radius 3 is 2.50 bits per heavy atom. The number of nitrogens with one attached hydrogen (secondary N) is 1. The fraction of sp³-hybridized carbons (Fsp3) is 0.235. The van der Waals surface area contributed by atoms with E-state index in [0.29, 0.717) is 0 Å². The predicted molar refractivity (Wildman–Crippen MR) is 98.3 cm³/mol. The van der Waals surface area contributed by atoms with Gasteiger partial charge in [0, 0.05) is 18.7 Å². The molecule has 138 valence electrons. The maximum absolute atomic E-state index is 12.2. The SMILES string of the molecule is Cc1cccc(CNC(=O)CN(c2cccc([N+](=O)[O-])c2)S(C)(=O)=O)c1. The van der Waals surface area contributed by atoms with Crippen LogP contribution in [0.25, 0.3) is 0 Å². The molecule has 26 heavy (non-hydrogen) atoms. The fourth-order valence-electron chi connectivity index (χ4n) is 2.37. The van der Waals surface area contributed by atoms with Gasteiger partial charge in [-0.25, -0.2) is 8.42 Å². The zero-order valence-corrected chi connectivity index (χ0v) is 15.2. The van der Waals surface area contributed by atoms with E-state index in [1.54, 1.807) is 0 Å². The Morgan fingerprint density at radius 2 is 1.88 bits per heavy atom. The van der Waals surface area contributed by atoms with Crippen molar-refractivity contribution in [3.63, 3.8) is 0 Å². The number of anilines is 1. The number of hydrogen-bond donors (Lipinski definition) is 1. The molecule has 0 radical (unpaired) electrons. The number of carbonyl (C=O) groups is 1. The van der Waals surface area contributed by atoms with Crippen molar-refractivity contribution >= 4 is 27.3 Å². The molecule has 2 rings (SSSR count). The van der Waals surface area contributed by atoms with Crippen LogP contribution in [0, 0.1) is 17.0 Å². The maximum atomic E-state index is 12.2. The van der Waals surface area contributed by atoms with E-state index < -0.39 is 27.4 Å². The average molecular weight is 377 g/mol. The standard InChI is InChI=1S/C17H19N3O5S/c1-13-5-3-6-14(9-13)11-18-17(21)12-19(26(2,24)25)15-7-4-8-16(10-15)20(22)23/h3-10H,11-12H2,1-2H3,(H,18,21). The summed E-state index contributed by atoms with van der Waals surface area (Å²) in [6.07, 6.45) is 0.944. The molecule has 0 fully saturated rings. The Bertz CT molecular complexity index is 928. The number of rotatable bonds is 7. The van der Waals surface area contributed by atoms with Crippen LogP contribution < -0.4 is 9.62 Å². The van der Waals surface area contributed by atoms with Gasteiger partial charge in [0.1, 0.15) is 6.54 Å². The lowest BCUT2D eigenvalue weighted by atomic mass is 10.1. The topological polar surface area (TPSA) is 110 Å². The molecule has 8 nitrogen and oxygen atoms in total. The normalized spacial score (nSPS) is 11.0. The summed E-state index contributed by atoms with van der Waals surface area (Å²) in [7, 11) is -3.80. The Balaban J connectivity index is 2.14. The van der Waals surface area contributed by atoms with Gasteiger partial charge < -0.3 is 5.32 Å². The van der Waals surface area contributed by atoms with Crippen LogP contribution in [-0.4, -0.2) is 32.0 Å². The van der Waals surface area contributed by atoms with Gasteiger partial charge in [-0.1, -0.05) is 35.9 Å². The van der Waals surface area contributed by atoms with Crippen molar-refractivity contribution in [2.45, 2.75) is 13.5 Å². The molecule has 0 aliphatic carbocycles. The summed E-state index contributed by atoms with van der Waals surface area (Å²) >= 11 is 0.